The van der Waals surface area contributed by atoms with Gasteiger partial charge in [0.15, 0.2) is 0 Å². The van der Waals surface area contributed by atoms with E-state index < -0.39 is 10.8 Å². The lowest BCUT2D eigenvalue weighted by atomic mass is 9.65. The molecule has 0 saturated carbocycles. The summed E-state index contributed by atoms with van der Waals surface area (Å²) in [5, 5.41) is 6.76. The van der Waals surface area contributed by atoms with Crippen LogP contribution in [0.25, 0.3) is 88.0 Å². The van der Waals surface area contributed by atoms with E-state index in [9.17, 15) is 0 Å². The molecule has 0 N–H and O–H groups in total. The molecule has 396 valence electrons. The molecule has 0 atom stereocenters. The molecule has 14 aromatic carbocycles. The molecule has 1 spiro atoms. The van der Waals surface area contributed by atoms with Gasteiger partial charge in [-0.3, -0.25) is 0 Å². The van der Waals surface area contributed by atoms with Crippen molar-refractivity contribution in [3.05, 3.63) is 354 Å². The van der Waals surface area contributed by atoms with Crippen molar-refractivity contribution in [2.75, 3.05) is 4.90 Å². The van der Waals surface area contributed by atoms with Crippen molar-refractivity contribution in [3.63, 3.8) is 0 Å². The molecule has 2 aliphatic carbocycles. The van der Waals surface area contributed by atoms with Crippen LogP contribution in [0.15, 0.2) is 314 Å². The first kappa shape index (κ1) is 47.6. The molecule has 3 aliphatic rings. The predicted molar refractivity (Wildman–Crippen MR) is 349 cm³/mol. The first-order valence-electron chi connectivity index (χ1n) is 29.4. The highest BCUT2D eigenvalue weighted by Crippen LogP contribution is 2.65. The topological polar surface area (TPSA) is 25.6 Å². The molecule has 18 rings (SSSR count). The maximum Gasteiger partial charge on any atom is 0.140 e. The number of anilines is 3. The number of nitrogens with zero attached hydrogens (tertiary/aromatic N) is 1. The number of ether oxygens (including phenoxy) is 1. The summed E-state index contributed by atoms with van der Waals surface area (Å²) in [6, 6.07) is 114. The van der Waals surface area contributed by atoms with Gasteiger partial charge >= 0.3 is 0 Å². The van der Waals surface area contributed by atoms with Gasteiger partial charge in [-0.15, -0.1) is 0 Å². The third-order valence-corrected chi connectivity index (χ3v) is 18.8. The molecule has 0 radical (unpaired) electrons. The summed E-state index contributed by atoms with van der Waals surface area (Å²) < 4.78 is 13.7. The molecule has 15 aromatic rings. The zero-order valence-electron chi connectivity index (χ0n) is 46.2. The van der Waals surface area contributed by atoms with E-state index >= 15 is 0 Å². The summed E-state index contributed by atoms with van der Waals surface area (Å²) in [5.74, 6) is 1.82. The van der Waals surface area contributed by atoms with E-state index in [4.69, 9.17) is 9.15 Å². The third kappa shape index (κ3) is 6.72. The smallest absolute Gasteiger partial charge is 0.140 e. The molecule has 0 bridgehead atoms. The molecule has 85 heavy (non-hydrogen) atoms. The molecule has 3 heteroatoms. The van der Waals surface area contributed by atoms with E-state index in [1.807, 2.05) is 12.1 Å². The maximum atomic E-state index is 7.33. The van der Waals surface area contributed by atoms with Crippen molar-refractivity contribution in [1.82, 2.24) is 0 Å². The van der Waals surface area contributed by atoms with Crippen LogP contribution < -0.4 is 9.64 Å². The van der Waals surface area contributed by atoms with Crippen molar-refractivity contribution in [2.24, 2.45) is 0 Å². The number of hydrogen-bond acceptors (Lipinski definition) is 3. The fourth-order valence-electron chi connectivity index (χ4n) is 15.2. The van der Waals surface area contributed by atoms with Gasteiger partial charge in [0.1, 0.15) is 22.7 Å². The van der Waals surface area contributed by atoms with Gasteiger partial charge in [0.25, 0.3) is 0 Å². The second-order valence-corrected chi connectivity index (χ2v) is 23.0. The van der Waals surface area contributed by atoms with Crippen LogP contribution in [0.3, 0.4) is 0 Å². The Bertz CT molecular complexity index is 5100. The minimum atomic E-state index is -0.679. The quantitative estimate of drug-likeness (QED) is 0.159. The first-order chi connectivity index (χ1) is 42.1. The molecular formula is C82H51NO2. The molecule has 0 amide bonds. The Labute approximate surface area is 492 Å². The number of hydrogen-bond donors (Lipinski definition) is 0. The minimum absolute atomic E-state index is 0.574. The van der Waals surface area contributed by atoms with Crippen LogP contribution in [-0.2, 0) is 10.8 Å². The summed E-state index contributed by atoms with van der Waals surface area (Å²) in [6.07, 6.45) is 0. The number of furan rings is 1. The normalized spacial score (nSPS) is 13.7. The molecule has 2 heterocycles. The Balaban J connectivity index is 0.851. The highest BCUT2D eigenvalue weighted by atomic mass is 16.5. The SMILES string of the molecule is c1ccc(C2(c3ccccc3)c3ccccc3-c3c(N(c4ccc(-c5ccc6c(c5)oc5ccccc56)cc4)c4cccc(-c5ccc6c(c5)C5(c7ccccc7-6)c6ccc7ccccc7c6Oc6c5ccc5ccccc65)c4)cccc32)cc1. The van der Waals surface area contributed by atoms with Crippen LogP contribution in [0.5, 0.6) is 11.5 Å². The van der Waals surface area contributed by atoms with Crippen LogP contribution in [-0.4, -0.2) is 0 Å². The van der Waals surface area contributed by atoms with Crippen molar-refractivity contribution in [3.8, 4) is 56.0 Å². The number of benzene rings is 14. The van der Waals surface area contributed by atoms with Crippen molar-refractivity contribution < 1.29 is 9.15 Å². The van der Waals surface area contributed by atoms with Crippen molar-refractivity contribution >= 4 is 60.5 Å². The van der Waals surface area contributed by atoms with Gasteiger partial charge in [0.05, 0.1) is 16.5 Å². The Hall–Kier alpha value is -11.0. The standard InChI is InChI=1S/C82H51NO2/c1-3-22-58(23-4-1)81(59-24-5-2-6-25-59)70-33-15-12-31-68(70)78-71(81)34-18-35-75(78)83(60-43-37-52(38-44-60)57-40-46-67-66-30-13-16-36-76(66)84-77(67)51-57)61-26-17-21-55(49-61)56-39-45-65-64-29-11-14-32-69(64)82(74(65)50-56)72-47-41-53-19-7-9-27-62(53)79(72)85-80-63-28-10-8-20-54(63)42-48-73(80)82/h1-51H. The zero-order chi connectivity index (χ0) is 55.8. The van der Waals surface area contributed by atoms with E-state index in [1.54, 1.807) is 0 Å². The second kappa shape index (κ2) is 18.2. The van der Waals surface area contributed by atoms with Gasteiger partial charge < -0.3 is 14.1 Å². The Morgan fingerprint density at radius 3 is 1.52 bits per heavy atom. The van der Waals surface area contributed by atoms with E-state index in [1.165, 1.54) is 55.6 Å². The van der Waals surface area contributed by atoms with Crippen molar-refractivity contribution in [2.45, 2.75) is 10.8 Å². The lowest BCUT2D eigenvalue weighted by Crippen LogP contribution is -2.32. The van der Waals surface area contributed by atoms with Crippen LogP contribution in [0.1, 0.15) is 44.5 Å². The van der Waals surface area contributed by atoms with Gasteiger partial charge in [-0.05, 0) is 138 Å². The fourth-order valence-corrected chi connectivity index (χ4v) is 15.2. The largest absolute Gasteiger partial charge is 0.456 e. The number of rotatable bonds is 7. The van der Waals surface area contributed by atoms with E-state index in [2.05, 4.69) is 302 Å². The monoisotopic (exact) mass is 1080 g/mol. The van der Waals surface area contributed by atoms with Crippen molar-refractivity contribution in [1.29, 1.82) is 0 Å². The highest BCUT2D eigenvalue weighted by Gasteiger charge is 2.52. The predicted octanol–water partition coefficient (Wildman–Crippen LogP) is 21.5. The molecule has 3 nitrogen and oxygen atoms in total. The average molecular weight is 1080 g/mol. The van der Waals surface area contributed by atoms with E-state index in [0.717, 1.165) is 105 Å². The lowest BCUT2D eigenvalue weighted by molar-refractivity contribution is 0.447. The van der Waals surface area contributed by atoms with Gasteiger partial charge in [-0.1, -0.05) is 255 Å². The lowest BCUT2D eigenvalue weighted by Gasteiger charge is -2.40. The van der Waals surface area contributed by atoms with Gasteiger partial charge in [0.2, 0.25) is 0 Å². The van der Waals surface area contributed by atoms with Gasteiger partial charge in [-0.2, -0.15) is 0 Å². The summed E-state index contributed by atoms with van der Waals surface area (Å²) in [7, 11) is 0. The minimum Gasteiger partial charge on any atom is -0.456 e. The molecule has 0 saturated heterocycles. The summed E-state index contributed by atoms with van der Waals surface area (Å²) in [4.78, 5) is 2.49. The Kier molecular flexibility index (Phi) is 10.2. The van der Waals surface area contributed by atoms with Crippen LogP contribution in [0.4, 0.5) is 17.1 Å². The second-order valence-electron chi connectivity index (χ2n) is 23.0. The number of para-hydroxylation sites is 1. The summed E-state index contributed by atoms with van der Waals surface area (Å²) in [6.45, 7) is 0. The fraction of sp³-hybridized carbons (Fsp3) is 0.0244. The van der Waals surface area contributed by atoms with Crippen LogP contribution in [0, 0.1) is 0 Å². The zero-order valence-corrected chi connectivity index (χ0v) is 46.2. The van der Waals surface area contributed by atoms with Crippen LogP contribution in [0.2, 0.25) is 0 Å². The first-order valence-corrected chi connectivity index (χ1v) is 29.4. The maximum absolute atomic E-state index is 7.33. The average Bonchev–Trinajstić information content (AvgIpc) is 1.68. The summed E-state index contributed by atoms with van der Waals surface area (Å²) >= 11 is 0. The van der Waals surface area contributed by atoms with Crippen LogP contribution >= 0.6 is 0 Å². The highest BCUT2D eigenvalue weighted by molar-refractivity contribution is 6.06. The molecular weight excluding hydrogens is 1030 g/mol. The van der Waals surface area contributed by atoms with Gasteiger partial charge in [0, 0.05) is 49.6 Å². The van der Waals surface area contributed by atoms with Gasteiger partial charge in [-0.25, -0.2) is 0 Å². The van der Waals surface area contributed by atoms with E-state index in [-0.39, 0.29) is 0 Å². The Morgan fingerprint density at radius 2 is 0.800 bits per heavy atom. The Morgan fingerprint density at radius 1 is 0.271 bits per heavy atom. The number of fused-ring (bicyclic) bond motifs is 19. The third-order valence-electron chi connectivity index (χ3n) is 18.8. The molecule has 1 aliphatic heterocycles. The van der Waals surface area contributed by atoms with E-state index in [0.29, 0.717) is 0 Å². The molecule has 0 unspecified atom stereocenters. The molecule has 1 aromatic heterocycles. The summed E-state index contributed by atoms with van der Waals surface area (Å²) in [5.41, 5.74) is 22.9. The molecule has 0 fully saturated rings.